The fourth-order valence-electron chi connectivity index (χ4n) is 3.10. The maximum absolute atomic E-state index is 13.4. The minimum absolute atomic E-state index is 0.0479. The normalized spacial score (nSPS) is 12.4. The number of carbonyl (C=O) groups excluding carboxylic acids is 1. The van der Waals surface area contributed by atoms with Crippen molar-refractivity contribution in [2.45, 2.75) is 30.9 Å². The van der Waals surface area contributed by atoms with Crippen LogP contribution in [-0.4, -0.2) is 25.9 Å². The highest BCUT2D eigenvalue weighted by atomic mass is 32.2. The van der Waals surface area contributed by atoms with Crippen LogP contribution >= 0.6 is 0 Å². The Morgan fingerprint density at radius 1 is 1.00 bits per heavy atom. The van der Waals surface area contributed by atoms with Gasteiger partial charge in [-0.25, -0.2) is 8.42 Å². The zero-order chi connectivity index (χ0) is 21.0. The summed E-state index contributed by atoms with van der Waals surface area (Å²) in [5, 5.41) is 1.84. The smallest absolute Gasteiger partial charge is 0.251 e. The Bertz CT molecular complexity index is 1130. The van der Waals surface area contributed by atoms with Gasteiger partial charge in [-0.15, -0.1) is 0 Å². The summed E-state index contributed by atoms with van der Waals surface area (Å²) in [7, 11) is -3.73. The van der Waals surface area contributed by atoms with Crippen LogP contribution < -0.4 is 5.32 Å². The number of rotatable bonds is 6. The minimum atomic E-state index is -3.73. The molecule has 5 nitrogen and oxygen atoms in total. The van der Waals surface area contributed by atoms with Crippen molar-refractivity contribution < 1.29 is 13.2 Å². The highest BCUT2D eigenvalue weighted by Gasteiger charge is 2.30. The Balaban J connectivity index is 1.93. The van der Waals surface area contributed by atoms with Crippen LogP contribution in [0.3, 0.4) is 0 Å². The van der Waals surface area contributed by atoms with Crippen molar-refractivity contribution >= 4 is 15.7 Å². The van der Waals surface area contributed by atoms with Crippen molar-refractivity contribution in [3.8, 4) is 0 Å². The second-order valence-electron chi connectivity index (χ2n) is 7.15. The molecule has 0 saturated heterocycles. The van der Waals surface area contributed by atoms with Gasteiger partial charge in [0.05, 0.1) is 4.90 Å². The van der Waals surface area contributed by atoms with Crippen molar-refractivity contribution in [2.24, 2.45) is 0 Å². The van der Waals surface area contributed by atoms with Crippen molar-refractivity contribution in [3.05, 3.63) is 94.8 Å². The lowest BCUT2D eigenvalue weighted by Gasteiger charge is -2.19. The van der Waals surface area contributed by atoms with Gasteiger partial charge in [0.15, 0.2) is 9.84 Å². The van der Waals surface area contributed by atoms with Crippen LogP contribution in [0.5, 0.6) is 0 Å². The van der Waals surface area contributed by atoms with Crippen LogP contribution in [0.1, 0.15) is 37.9 Å². The molecule has 0 radical (unpaired) electrons. The number of hydrogen-bond acceptors (Lipinski definition) is 4. The Kier molecular flexibility index (Phi) is 6.13. The lowest BCUT2D eigenvalue weighted by Crippen LogP contribution is -2.32. The summed E-state index contributed by atoms with van der Waals surface area (Å²) in [4.78, 5) is 16.9. The monoisotopic (exact) mass is 408 g/mol. The number of aromatic nitrogens is 1. The third-order valence-electron chi connectivity index (χ3n) is 4.97. The highest BCUT2D eigenvalue weighted by Crippen LogP contribution is 2.29. The van der Waals surface area contributed by atoms with E-state index in [1.165, 1.54) is 6.20 Å². The van der Waals surface area contributed by atoms with E-state index in [2.05, 4.69) is 10.3 Å². The summed E-state index contributed by atoms with van der Waals surface area (Å²) in [5.74, 6) is -0.308. The van der Waals surface area contributed by atoms with Crippen LogP contribution in [-0.2, 0) is 9.84 Å². The molecule has 0 fully saturated rings. The highest BCUT2D eigenvalue weighted by molar-refractivity contribution is 7.91. The molecule has 3 aromatic rings. The Morgan fingerprint density at radius 3 is 2.45 bits per heavy atom. The van der Waals surface area contributed by atoms with Crippen molar-refractivity contribution in [1.82, 2.24) is 10.3 Å². The van der Waals surface area contributed by atoms with E-state index in [9.17, 15) is 13.2 Å². The molecule has 2 aromatic carbocycles. The lowest BCUT2D eigenvalue weighted by molar-refractivity contribution is 0.0953. The molecule has 0 bridgehead atoms. The largest absolute Gasteiger partial charge is 0.350 e. The van der Waals surface area contributed by atoms with Gasteiger partial charge in [-0.05, 0) is 67.8 Å². The van der Waals surface area contributed by atoms with Gasteiger partial charge in [0.25, 0.3) is 5.91 Å². The van der Waals surface area contributed by atoms with Gasteiger partial charge in [0, 0.05) is 24.5 Å². The average Bonchev–Trinajstić information content (AvgIpc) is 2.70. The van der Waals surface area contributed by atoms with Crippen LogP contribution in [0.25, 0.3) is 0 Å². The summed E-state index contributed by atoms with van der Waals surface area (Å²) < 4.78 is 26.8. The molecule has 0 unspecified atom stereocenters. The van der Waals surface area contributed by atoms with E-state index in [4.69, 9.17) is 0 Å². The van der Waals surface area contributed by atoms with E-state index in [0.717, 1.165) is 16.7 Å². The first-order valence-electron chi connectivity index (χ1n) is 9.35. The van der Waals surface area contributed by atoms with Gasteiger partial charge < -0.3 is 5.32 Å². The number of nitrogens with zero attached hydrogens (tertiary/aromatic N) is 1. The molecule has 1 N–H and O–H groups in total. The third-order valence-corrected chi connectivity index (χ3v) is 7.06. The van der Waals surface area contributed by atoms with Gasteiger partial charge in [-0.2, -0.15) is 0 Å². The van der Waals surface area contributed by atoms with Gasteiger partial charge in [0.1, 0.15) is 5.25 Å². The van der Waals surface area contributed by atoms with Crippen molar-refractivity contribution in [3.63, 3.8) is 0 Å². The predicted molar refractivity (Wildman–Crippen MR) is 114 cm³/mol. The van der Waals surface area contributed by atoms with Crippen molar-refractivity contribution in [2.75, 3.05) is 6.54 Å². The van der Waals surface area contributed by atoms with E-state index in [1.54, 1.807) is 54.7 Å². The second kappa shape index (κ2) is 8.57. The number of amides is 1. The molecule has 1 aromatic heterocycles. The van der Waals surface area contributed by atoms with Crippen molar-refractivity contribution in [1.29, 1.82) is 0 Å². The summed E-state index contributed by atoms with van der Waals surface area (Å²) in [6.45, 7) is 5.67. The van der Waals surface area contributed by atoms with Crippen LogP contribution in [0, 0.1) is 20.8 Å². The number of pyridine rings is 1. The van der Waals surface area contributed by atoms with Gasteiger partial charge in [-0.1, -0.05) is 29.8 Å². The van der Waals surface area contributed by atoms with E-state index < -0.39 is 15.1 Å². The van der Waals surface area contributed by atoms with E-state index in [-0.39, 0.29) is 17.3 Å². The SMILES string of the molecule is Cc1cccc(C(=O)NC[C@@H](c2cccnc2)S(=O)(=O)c2ccc(C)c(C)c2)c1. The zero-order valence-electron chi connectivity index (χ0n) is 16.7. The molecule has 0 aliphatic heterocycles. The summed E-state index contributed by atoms with van der Waals surface area (Å²) in [6, 6.07) is 15.7. The van der Waals surface area contributed by atoms with Crippen LogP contribution in [0.4, 0.5) is 0 Å². The van der Waals surface area contributed by atoms with E-state index in [0.29, 0.717) is 11.1 Å². The molecule has 0 aliphatic carbocycles. The second-order valence-corrected chi connectivity index (χ2v) is 9.28. The third kappa shape index (κ3) is 4.71. The molecule has 6 heteroatoms. The zero-order valence-corrected chi connectivity index (χ0v) is 17.5. The first-order valence-corrected chi connectivity index (χ1v) is 10.9. The van der Waals surface area contributed by atoms with Crippen LogP contribution in [0.2, 0.25) is 0 Å². The lowest BCUT2D eigenvalue weighted by atomic mass is 10.1. The molecular formula is C23H24N2O3S. The van der Waals surface area contributed by atoms with Crippen LogP contribution in [0.15, 0.2) is 71.9 Å². The molecule has 1 atom stereocenters. The molecule has 150 valence electrons. The van der Waals surface area contributed by atoms with E-state index >= 15 is 0 Å². The summed E-state index contributed by atoms with van der Waals surface area (Å²) in [5.41, 5.74) is 3.92. The number of benzene rings is 2. The molecule has 1 amide bonds. The number of hydrogen-bond donors (Lipinski definition) is 1. The minimum Gasteiger partial charge on any atom is -0.350 e. The molecule has 0 aliphatic rings. The number of sulfone groups is 1. The Labute approximate surface area is 171 Å². The summed E-state index contributed by atoms with van der Waals surface area (Å²) >= 11 is 0. The van der Waals surface area contributed by atoms with Gasteiger partial charge >= 0.3 is 0 Å². The van der Waals surface area contributed by atoms with E-state index in [1.807, 2.05) is 26.8 Å². The molecule has 0 spiro atoms. The summed E-state index contributed by atoms with van der Waals surface area (Å²) in [6.07, 6.45) is 3.12. The molecular weight excluding hydrogens is 384 g/mol. The Morgan fingerprint density at radius 2 is 1.79 bits per heavy atom. The number of aryl methyl sites for hydroxylation is 3. The first kappa shape index (κ1) is 20.7. The maximum Gasteiger partial charge on any atom is 0.251 e. The maximum atomic E-state index is 13.4. The fraction of sp³-hybridized carbons (Fsp3) is 0.217. The predicted octanol–water partition coefficient (Wildman–Crippen LogP) is 3.95. The standard InChI is InChI=1S/C23H24N2O3S/c1-16-6-4-7-19(12-16)23(26)25-15-22(20-8-5-11-24-14-20)29(27,28)21-10-9-17(2)18(3)13-21/h4-14,22H,15H2,1-3H3,(H,25,26)/t22-/m0/s1. The van der Waals surface area contributed by atoms with Gasteiger partial charge in [-0.3, -0.25) is 9.78 Å². The van der Waals surface area contributed by atoms with Gasteiger partial charge in [0.2, 0.25) is 0 Å². The Hall–Kier alpha value is -2.99. The molecule has 0 saturated carbocycles. The fourth-order valence-corrected chi connectivity index (χ4v) is 4.83. The molecule has 1 heterocycles. The quantitative estimate of drug-likeness (QED) is 0.670. The molecule has 3 rings (SSSR count). The first-order chi connectivity index (χ1) is 13.8. The molecule has 29 heavy (non-hydrogen) atoms. The number of carbonyl (C=O) groups is 1. The average molecular weight is 409 g/mol. The topological polar surface area (TPSA) is 76.1 Å². The number of nitrogens with one attached hydrogen (secondary N) is 1.